The van der Waals surface area contributed by atoms with Gasteiger partial charge in [0.2, 0.25) is 5.91 Å². The normalized spacial score (nSPS) is 22.3. The molecule has 1 aromatic rings. The van der Waals surface area contributed by atoms with Crippen LogP contribution < -0.4 is 0 Å². The van der Waals surface area contributed by atoms with E-state index in [2.05, 4.69) is 0 Å². The quantitative estimate of drug-likeness (QED) is 0.801. The van der Waals surface area contributed by atoms with Crippen molar-refractivity contribution in [3.05, 3.63) is 40.8 Å². The van der Waals surface area contributed by atoms with Crippen molar-refractivity contribution < 1.29 is 19.5 Å². The number of rotatable bonds is 5. The van der Waals surface area contributed by atoms with Crippen LogP contribution in [-0.2, 0) is 9.59 Å². The molecule has 0 spiro atoms. The Balaban J connectivity index is 1.69. The predicted molar refractivity (Wildman–Crippen MR) is 100 cm³/mol. The van der Waals surface area contributed by atoms with Crippen molar-refractivity contribution in [3.8, 4) is 0 Å². The van der Waals surface area contributed by atoms with Crippen LogP contribution in [0.2, 0.25) is 0 Å². The Morgan fingerprint density at radius 2 is 2.00 bits per heavy atom. The number of imide groups is 1. The molecule has 2 aliphatic heterocycles. The van der Waals surface area contributed by atoms with Gasteiger partial charge in [-0.2, -0.15) is 0 Å². The van der Waals surface area contributed by atoms with Gasteiger partial charge in [0.15, 0.2) is 0 Å². The van der Waals surface area contributed by atoms with Crippen LogP contribution in [0.25, 0.3) is 6.08 Å². The van der Waals surface area contributed by atoms with E-state index in [-0.39, 0.29) is 25.1 Å². The lowest BCUT2D eigenvalue weighted by Crippen LogP contribution is -2.49. The van der Waals surface area contributed by atoms with Gasteiger partial charge in [-0.25, -0.2) is 0 Å². The zero-order valence-electron chi connectivity index (χ0n) is 14.5. The number of carbonyl (C=O) groups excluding carboxylic acids is 3. The summed E-state index contributed by atoms with van der Waals surface area (Å²) in [5.74, 6) is -0.653. The number of benzene rings is 1. The Kier molecular flexibility index (Phi) is 6.11. The molecule has 1 unspecified atom stereocenters. The molecule has 7 heteroatoms. The highest BCUT2D eigenvalue weighted by Gasteiger charge is 2.38. The van der Waals surface area contributed by atoms with Crippen LogP contribution in [0.3, 0.4) is 0 Å². The highest BCUT2D eigenvalue weighted by molar-refractivity contribution is 8.18. The van der Waals surface area contributed by atoms with E-state index in [0.717, 1.165) is 41.5 Å². The molecule has 0 aliphatic carbocycles. The lowest BCUT2D eigenvalue weighted by molar-refractivity contribution is -0.139. The number of likely N-dealkylation sites (tertiary alicyclic amines) is 1. The fourth-order valence-electron chi connectivity index (χ4n) is 3.34. The van der Waals surface area contributed by atoms with Crippen molar-refractivity contribution in [2.24, 2.45) is 0 Å². The van der Waals surface area contributed by atoms with E-state index in [1.165, 1.54) is 0 Å². The standard InChI is InChI=1S/C19H22N2O4S/c22-11-9-15-8-4-5-10-20(15)17(23)13-21-18(24)16(26-19(21)25)12-14-6-2-1-3-7-14/h1-3,6-7,12,15,22H,4-5,8-11,13H2. The van der Waals surface area contributed by atoms with Gasteiger partial charge < -0.3 is 10.0 Å². The molecule has 1 aromatic carbocycles. The molecule has 2 heterocycles. The van der Waals surface area contributed by atoms with E-state index in [0.29, 0.717) is 17.9 Å². The largest absolute Gasteiger partial charge is 0.396 e. The van der Waals surface area contributed by atoms with Gasteiger partial charge in [-0.3, -0.25) is 19.3 Å². The summed E-state index contributed by atoms with van der Waals surface area (Å²) in [6.07, 6.45) is 4.98. The van der Waals surface area contributed by atoms with Crippen molar-refractivity contribution in [2.75, 3.05) is 19.7 Å². The summed E-state index contributed by atoms with van der Waals surface area (Å²) in [7, 11) is 0. The van der Waals surface area contributed by atoms with Crippen LogP contribution in [0.4, 0.5) is 4.79 Å². The lowest BCUT2D eigenvalue weighted by Gasteiger charge is -2.36. The molecule has 2 saturated heterocycles. The minimum absolute atomic E-state index is 0.0129. The highest BCUT2D eigenvalue weighted by atomic mass is 32.2. The molecule has 138 valence electrons. The van der Waals surface area contributed by atoms with Crippen LogP contribution in [0, 0.1) is 0 Å². The molecule has 0 aromatic heterocycles. The molecular weight excluding hydrogens is 352 g/mol. The van der Waals surface area contributed by atoms with E-state index in [9.17, 15) is 19.5 Å². The summed E-state index contributed by atoms with van der Waals surface area (Å²) >= 11 is 0.864. The van der Waals surface area contributed by atoms with E-state index in [1.807, 2.05) is 30.3 Å². The van der Waals surface area contributed by atoms with Gasteiger partial charge >= 0.3 is 0 Å². The van der Waals surface area contributed by atoms with Crippen LogP contribution in [0.5, 0.6) is 0 Å². The zero-order valence-corrected chi connectivity index (χ0v) is 15.3. The van der Waals surface area contributed by atoms with E-state index in [1.54, 1.807) is 11.0 Å². The first-order valence-corrected chi connectivity index (χ1v) is 9.62. The number of piperidine rings is 1. The summed E-state index contributed by atoms with van der Waals surface area (Å²) in [6, 6.07) is 9.29. The summed E-state index contributed by atoms with van der Waals surface area (Å²) in [6.45, 7) is 0.397. The number of nitrogens with zero attached hydrogens (tertiary/aromatic N) is 2. The Hall–Kier alpha value is -2.12. The SMILES string of the molecule is O=C1SC(=Cc2ccccc2)C(=O)N1CC(=O)N1CCCCC1CCO. The average Bonchev–Trinajstić information content (AvgIpc) is 2.90. The van der Waals surface area contributed by atoms with Crippen LogP contribution in [0.15, 0.2) is 35.2 Å². The van der Waals surface area contributed by atoms with Gasteiger partial charge in [0.1, 0.15) is 6.54 Å². The number of amides is 3. The minimum atomic E-state index is -0.423. The number of hydrogen-bond acceptors (Lipinski definition) is 5. The second-order valence-corrected chi connectivity index (χ2v) is 7.42. The lowest BCUT2D eigenvalue weighted by atomic mass is 9.99. The molecule has 2 aliphatic rings. The fourth-order valence-corrected chi connectivity index (χ4v) is 4.18. The Bertz CT molecular complexity index is 718. The van der Waals surface area contributed by atoms with Gasteiger partial charge in [0.05, 0.1) is 4.91 Å². The maximum atomic E-state index is 12.7. The predicted octanol–water partition coefficient (Wildman–Crippen LogP) is 2.49. The van der Waals surface area contributed by atoms with E-state index < -0.39 is 11.1 Å². The van der Waals surface area contributed by atoms with Crippen molar-refractivity contribution in [1.82, 2.24) is 9.80 Å². The Morgan fingerprint density at radius 3 is 2.73 bits per heavy atom. The third-order valence-corrected chi connectivity index (χ3v) is 5.58. The molecule has 0 bridgehead atoms. The van der Waals surface area contributed by atoms with Crippen molar-refractivity contribution >= 4 is 34.9 Å². The first-order chi connectivity index (χ1) is 12.6. The Labute approximate surface area is 156 Å². The molecule has 26 heavy (non-hydrogen) atoms. The van der Waals surface area contributed by atoms with Crippen molar-refractivity contribution in [1.29, 1.82) is 0 Å². The number of thioether (sulfide) groups is 1. The van der Waals surface area contributed by atoms with Gasteiger partial charge in [-0.1, -0.05) is 30.3 Å². The third-order valence-electron chi connectivity index (χ3n) is 4.67. The average molecular weight is 374 g/mol. The number of hydrogen-bond donors (Lipinski definition) is 1. The van der Waals surface area contributed by atoms with E-state index >= 15 is 0 Å². The fraction of sp³-hybridized carbons (Fsp3) is 0.421. The Morgan fingerprint density at radius 1 is 1.23 bits per heavy atom. The summed E-state index contributed by atoms with van der Waals surface area (Å²) < 4.78 is 0. The molecular formula is C19H22N2O4S. The second kappa shape index (κ2) is 8.51. The van der Waals surface area contributed by atoms with Gasteiger partial charge in [0.25, 0.3) is 11.1 Å². The topological polar surface area (TPSA) is 77.9 Å². The molecule has 3 rings (SSSR count). The number of aliphatic hydroxyl groups is 1. The zero-order chi connectivity index (χ0) is 18.5. The molecule has 2 fully saturated rings. The minimum Gasteiger partial charge on any atom is -0.396 e. The molecule has 6 nitrogen and oxygen atoms in total. The highest BCUT2D eigenvalue weighted by Crippen LogP contribution is 2.32. The van der Waals surface area contributed by atoms with Crippen molar-refractivity contribution in [3.63, 3.8) is 0 Å². The molecule has 1 atom stereocenters. The number of aliphatic hydroxyl groups excluding tert-OH is 1. The first kappa shape index (κ1) is 18.7. The molecule has 1 N–H and O–H groups in total. The maximum Gasteiger partial charge on any atom is 0.294 e. The summed E-state index contributed by atoms with van der Waals surface area (Å²) in [5.41, 5.74) is 0.836. The summed E-state index contributed by atoms with van der Waals surface area (Å²) in [4.78, 5) is 40.5. The van der Waals surface area contributed by atoms with Crippen LogP contribution >= 0.6 is 11.8 Å². The van der Waals surface area contributed by atoms with E-state index in [4.69, 9.17) is 0 Å². The first-order valence-electron chi connectivity index (χ1n) is 8.81. The van der Waals surface area contributed by atoms with Crippen LogP contribution in [-0.4, -0.2) is 57.7 Å². The second-order valence-electron chi connectivity index (χ2n) is 6.43. The molecule has 3 amide bonds. The van der Waals surface area contributed by atoms with Gasteiger partial charge in [-0.15, -0.1) is 0 Å². The summed E-state index contributed by atoms with van der Waals surface area (Å²) in [5, 5.41) is 8.78. The van der Waals surface area contributed by atoms with Crippen molar-refractivity contribution in [2.45, 2.75) is 31.7 Å². The number of carbonyl (C=O) groups is 3. The smallest absolute Gasteiger partial charge is 0.294 e. The third kappa shape index (κ3) is 4.16. The van der Waals surface area contributed by atoms with Gasteiger partial charge in [0, 0.05) is 19.2 Å². The monoisotopic (exact) mass is 374 g/mol. The molecule has 0 radical (unpaired) electrons. The maximum absolute atomic E-state index is 12.7. The molecule has 0 saturated carbocycles. The van der Waals surface area contributed by atoms with Crippen LogP contribution in [0.1, 0.15) is 31.2 Å². The van der Waals surface area contributed by atoms with Gasteiger partial charge in [-0.05, 0) is 49.1 Å².